The van der Waals surface area contributed by atoms with Gasteiger partial charge < -0.3 is 0 Å². The molecule has 0 saturated carbocycles. The molecule has 0 saturated heterocycles. The highest BCUT2D eigenvalue weighted by Gasteiger charge is 2.19. The molecule has 0 spiro atoms. The predicted molar refractivity (Wildman–Crippen MR) is 68.0 cm³/mol. The second kappa shape index (κ2) is 5.90. The standard InChI is InChI=1S/C13H16F2N4/c1-2-19-8-9(7-17-19)6-12(18-16)13-10(14)4-3-5-11(13)15/h3-5,7-8,12,18H,2,6,16H2,1H3. The lowest BCUT2D eigenvalue weighted by atomic mass is 10.0. The molecule has 0 aliphatic rings. The Morgan fingerprint density at radius 3 is 2.58 bits per heavy atom. The number of benzene rings is 1. The summed E-state index contributed by atoms with van der Waals surface area (Å²) in [6.07, 6.45) is 3.88. The second-order valence-corrected chi connectivity index (χ2v) is 4.26. The summed E-state index contributed by atoms with van der Waals surface area (Å²) >= 11 is 0. The summed E-state index contributed by atoms with van der Waals surface area (Å²) in [5.41, 5.74) is 3.28. The van der Waals surface area contributed by atoms with E-state index in [1.54, 1.807) is 10.9 Å². The van der Waals surface area contributed by atoms with E-state index in [1.807, 2.05) is 13.1 Å². The largest absolute Gasteiger partial charge is 0.273 e. The lowest BCUT2D eigenvalue weighted by molar-refractivity contribution is 0.473. The minimum Gasteiger partial charge on any atom is -0.273 e. The van der Waals surface area contributed by atoms with Crippen LogP contribution in [-0.2, 0) is 13.0 Å². The first kappa shape index (κ1) is 13.6. The zero-order chi connectivity index (χ0) is 13.8. The molecule has 19 heavy (non-hydrogen) atoms. The maximum absolute atomic E-state index is 13.7. The predicted octanol–water partition coefficient (Wildman–Crippen LogP) is 1.93. The van der Waals surface area contributed by atoms with Crippen molar-refractivity contribution in [2.45, 2.75) is 25.9 Å². The van der Waals surface area contributed by atoms with Crippen LogP contribution in [0.1, 0.15) is 24.1 Å². The van der Waals surface area contributed by atoms with Crippen LogP contribution in [0.2, 0.25) is 0 Å². The van der Waals surface area contributed by atoms with Gasteiger partial charge in [0.15, 0.2) is 0 Å². The highest BCUT2D eigenvalue weighted by molar-refractivity contribution is 5.25. The third kappa shape index (κ3) is 2.97. The summed E-state index contributed by atoms with van der Waals surface area (Å²) < 4.78 is 29.2. The molecule has 1 aromatic carbocycles. The molecule has 1 unspecified atom stereocenters. The zero-order valence-corrected chi connectivity index (χ0v) is 10.6. The summed E-state index contributed by atoms with van der Waals surface area (Å²) in [5.74, 6) is 4.21. The smallest absolute Gasteiger partial charge is 0.130 e. The number of nitrogens with one attached hydrogen (secondary N) is 1. The van der Waals surface area contributed by atoms with E-state index in [1.165, 1.54) is 18.2 Å². The summed E-state index contributed by atoms with van der Waals surface area (Å²) in [7, 11) is 0. The fourth-order valence-electron chi connectivity index (χ4n) is 2.01. The van der Waals surface area contributed by atoms with Crippen LogP contribution in [0.5, 0.6) is 0 Å². The number of halogens is 2. The summed E-state index contributed by atoms with van der Waals surface area (Å²) in [6, 6.07) is 3.14. The van der Waals surface area contributed by atoms with E-state index in [0.29, 0.717) is 6.42 Å². The first-order valence-electron chi connectivity index (χ1n) is 6.07. The minimum atomic E-state index is -0.629. The molecular formula is C13H16F2N4. The van der Waals surface area contributed by atoms with Crippen molar-refractivity contribution in [3.63, 3.8) is 0 Å². The molecule has 102 valence electrons. The van der Waals surface area contributed by atoms with Crippen LogP contribution < -0.4 is 11.3 Å². The van der Waals surface area contributed by atoms with Crippen molar-refractivity contribution in [3.8, 4) is 0 Å². The fraction of sp³-hybridized carbons (Fsp3) is 0.308. The molecule has 4 nitrogen and oxygen atoms in total. The number of hydrogen-bond donors (Lipinski definition) is 2. The molecule has 2 rings (SSSR count). The highest BCUT2D eigenvalue weighted by Crippen LogP contribution is 2.23. The first-order valence-corrected chi connectivity index (χ1v) is 6.07. The number of hydrazine groups is 1. The van der Waals surface area contributed by atoms with Crippen molar-refractivity contribution in [1.29, 1.82) is 0 Å². The van der Waals surface area contributed by atoms with Gasteiger partial charge >= 0.3 is 0 Å². The summed E-state index contributed by atoms with van der Waals surface area (Å²) in [5, 5.41) is 4.12. The Morgan fingerprint density at radius 1 is 1.37 bits per heavy atom. The third-order valence-corrected chi connectivity index (χ3v) is 3.00. The van der Waals surface area contributed by atoms with E-state index >= 15 is 0 Å². The quantitative estimate of drug-likeness (QED) is 0.642. The van der Waals surface area contributed by atoms with Crippen LogP contribution in [0.25, 0.3) is 0 Å². The lowest BCUT2D eigenvalue weighted by Gasteiger charge is -2.16. The summed E-state index contributed by atoms with van der Waals surface area (Å²) in [6.45, 7) is 2.71. The van der Waals surface area contributed by atoms with Crippen LogP contribution >= 0.6 is 0 Å². The van der Waals surface area contributed by atoms with Crippen LogP contribution in [0, 0.1) is 11.6 Å². The molecule has 6 heteroatoms. The highest BCUT2D eigenvalue weighted by atomic mass is 19.1. The van der Waals surface area contributed by atoms with Crippen molar-refractivity contribution < 1.29 is 8.78 Å². The van der Waals surface area contributed by atoms with E-state index < -0.39 is 17.7 Å². The van der Waals surface area contributed by atoms with Crippen molar-refractivity contribution in [3.05, 3.63) is 53.4 Å². The Bertz CT molecular complexity index is 533. The van der Waals surface area contributed by atoms with Gasteiger partial charge in [0.1, 0.15) is 11.6 Å². The molecule has 0 aliphatic carbocycles. The third-order valence-electron chi connectivity index (χ3n) is 3.00. The fourth-order valence-corrected chi connectivity index (χ4v) is 2.01. The Hall–Kier alpha value is -1.79. The number of nitrogens with zero attached hydrogens (tertiary/aromatic N) is 2. The zero-order valence-electron chi connectivity index (χ0n) is 10.6. The topological polar surface area (TPSA) is 55.9 Å². The Labute approximate surface area is 110 Å². The molecule has 1 aromatic heterocycles. The number of rotatable bonds is 5. The molecule has 0 bridgehead atoms. The molecule has 0 aliphatic heterocycles. The molecule has 3 N–H and O–H groups in total. The van der Waals surface area contributed by atoms with E-state index in [-0.39, 0.29) is 5.56 Å². The van der Waals surface area contributed by atoms with Crippen LogP contribution in [0.3, 0.4) is 0 Å². The van der Waals surface area contributed by atoms with Crippen molar-refractivity contribution in [2.75, 3.05) is 0 Å². The van der Waals surface area contributed by atoms with E-state index in [4.69, 9.17) is 5.84 Å². The van der Waals surface area contributed by atoms with Crippen molar-refractivity contribution in [1.82, 2.24) is 15.2 Å². The molecule has 1 heterocycles. The first-order chi connectivity index (χ1) is 9.15. The average molecular weight is 266 g/mol. The van der Waals surface area contributed by atoms with E-state index in [9.17, 15) is 8.78 Å². The Morgan fingerprint density at radius 2 is 2.05 bits per heavy atom. The monoisotopic (exact) mass is 266 g/mol. The number of hydrogen-bond acceptors (Lipinski definition) is 3. The molecule has 0 amide bonds. The Kier molecular flexibility index (Phi) is 4.24. The van der Waals surface area contributed by atoms with Crippen LogP contribution in [0.4, 0.5) is 8.78 Å². The lowest BCUT2D eigenvalue weighted by Crippen LogP contribution is -2.31. The van der Waals surface area contributed by atoms with Gasteiger partial charge in [-0.2, -0.15) is 5.10 Å². The minimum absolute atomic E-state index is 0.0470. The van der Waals surface area contributed by atoms with Crippen LogP contribution in [-0.4, -0.2) is 9.78 Å². The van der Waals surface area contributed by atoms with E-state index in [2.05, 4.69) is 10.5 Å². The van der Waals surface area contributed by atoms with Crippen LogP contribution in [0.15, 0.2) is 30.6 Å². The van der Waals surface area contributed by atoms with Gasteiger partial charge in [-0.1, -0.05) is 6.07 Å². The second-order valence-electron chi connectivity index (χ2n) is 4.26. The number of nitrogens with two attached hydrogens (primary N) is 1. The van der Waals surface area contributed by atoms with Gasteiger partial charge in [-0.05, 0) is 31.0 Å². The van der Waals surface area contributed by atoms with Gasteiger partial charge in [-0.3, -0.25) is 16.0 Å². The van der Waals surface area contributed by atoms with Gasteiger partial charge in [0.05, 0.1) is 12.2 Å². The molecule has 0 radical (unpaired) electrons. The van der Waals surface area contributed by atoms with Gasteiger partial charge in [-0.25, -0.2) is 8.78 Å². The van der Waals surface area contributed by atoms with Crippen molar-refractivity contribution >= 4 is 0 Å². The van der Waals surface area contributed by atoms with Gasteiger partial charge in [0.2, 0.25) is 0 Å². The molecule has 2 aromatic rings. The number of aromatic nitrogens is 2. The van der Waals surface area contributed by atoms with Crippen molar-refractivity contribution in [2.24, 2.45) is 5.84 Å². The molecule has 0 fully saturated rings. The number of aryl methyl sites for hydroxylation is 1. The Balaban J connectivity index is 2.25. The van der Waals surface area contributed by atoms with Gasteiger partial charge in [0.25, 0.3) is 0 Å². The van der Waals surface area contributed by atoms with Gasteiger partial charge in [0, 0.05) is 18.3 Å². The van der Waals surface area contributed by atoms with E-state index in [0.717, 1.165) is 12.1 Å². The summed E-state index contributed by atoms with van der Waals surface area (Å²) in [4.78, 5) is 0. The maximum atomic E-state index is 13.7. The maximum Gasteiger partial charge on any atom is 0.130 e. The van der Waals surface area contributed by atoms with Gasteiger partial charge in [-0.15, -0.1) is 0 Å². The normalized spacial score (nSPS) is 12.6. The molecule has 1 atom stereocenters. The average Bonchev–Trinajstić information content (AvgIpc) is 2.85. The SMILES string of the molecule is CCn1cc(CC(NN)c2c(F)cccc2F)cn1. The molecular weight excluding hydrogens is 250 g/mol.